The quantitative estimate of drug-likeness (QED) is 0.0183. The molecule has 0 bridgehead atoms. The van der Waals surface area contributed by atoms with Gasteiger partial charge in [-0.1, -0.05) is 112 Å². The fourth-order valence-electron chi connectivity index (χ4n) is 7.11. The highest BCUT2D eigenvalue weighted by molar-refractivity contribution is 6.49. The maximum Gasteiger partial charge on any atom is 0.331 e. The van der Waals surface area contributed by atoms with E-state index in [1.807, 2.05) is 0 Å². The zero-order chi connectivity index (χ0) is 47.3. The van der Waals surface area contributed by atoms with Gasteiger partial charge >= 0.3 is 17.9 Å². The van der Waals surface area contributed by atoms with Crippen molar-refractivity contribution < 1.29 is 48.1 Å². The van der Waals surface area contributed by atoms with Gasteiger partial charge in [-0.25, -0.2) is 14.4 Å². The first kappa shape index (κ1) is 50.9. The van der Waals surface area contributed by atoms with Crippen LogP contribution in [0.5, 0.6) is 0 Å². The summed E-state index contributed by atoms with van der Waals surface area (Å²) in [6, 6.07) is 17.9. The molecule has 1 aromatic heterocycles. The van der Waals surface area contributed by atoms with Crippen LogP contribution in [0.1, 0.15) is 185 Å². The van der Waals surface area contributed by atoms with Crippen molar-refractivity contribution in [2.24, 2.45) is 15.5 Å². The molecule has 0 aliphatic heterocycles. The average Bonchev–Trinajstić information content (AvgIpc) is 3.68. The van der Waals surface area contributed by atoms with Crippen molar-refractivity contribution in [3.63, 3.8) is 0 Å². The smallest absolute Gasteiger partial charge is 0.318 e. The van der Waals surface area contributed by atoms with E-state index in [-0.39, 0.29) is 58.0 Å². The van der Waals surface area contributed by atoms with Crippen LogP contribution in [0.4, 0.5) is 0 Å². The summed E-state index contributed by atoms with van der Waals surface area (Å²) in [6.45, 7) is 9.83. The summed E-state index contributed by atoms with van der Waals surface area (Å²) in [5.74, 6) is -3.73. The number of ketones is 4. The van der Waals surface area contributed by atoms with Gasteiger partial charge in [-0.2, -0.15) is 0 Å². The Morgan fingerprint density at radius 1 is 0.477 bits per heavy atom. The van der Waals surface area contributed by atoms with Crippen molar-refractivity contribution >= 4 is 69.1 Å². The van der Waals surface area contributed by atoms with Crippen LogP contribution in [-0.2, 0) is 28.9 Å². The molecular formula is C51H60N4O10. The number of rotatable bonds is 27. The van der Waals surface area contributed by atoms with Gasteiger partial charge in [0.05, 0.1) is 5.52 Å². The fourth-order valence-corrected chi connectivity index (χ4v) is 7.11. The van der Waals surface area contributed by atoms with Gasteiger partial charge in [0.15, 0.2) is 5.78 Å². The van der Waals surface area contributed by atoms with Crippen LogP contribution in [0.2, 0.25) is 0 Å². The van der Waals surface area contributed by atoms with E-state index in [9.17, 15) is 33.6 Å². The minimum absolute atomic E-state index is 0.0445. The summed E-state index contributed by atoms with van der Waals surface area (Å²) < 4.78 is 1.76. The van der Waals surface area contributed by atoms with E-state index in [0.29, 0.717) is 47.8 Å². The molecule has 0 N–H and O–H groups in total. The van der Waals surface area contributed by atoms with Crippen LogP contribution >= 0.6 is 0 Å². The summed E-state index contributed by atoms with van der Waals surface area (Å²) in [4.78, 5) is 106. The van der Waals surface area contributed by atoms with E-state index >= 15 is 0 Å². The molecular weight excluding hydrogens is 829 g/mol. The van der Waals surface area contributed by atoms with Crippen molar-refractivity contribution in [2.75, 3.05) is 0 Å². The predicted octanol–water partition coefficient (Wildman–Crippen LogP) is 11.1. The Labute approximate surface area is 380 Å². The van der Waals surface area contributed by atoms with Crippen molar-refractivity contribution in [3.05, 3.63) is 101 Å². The highest BCUT2D eigenvalue weighted by Crippen LogP contribution is 2.29. The molecule has 0 radical (unpaired) electrons. The van der Waals surface area contributed by atoms with Crippen molar-refractivity contribution in [1.82, 2.24) is 4.57 Å². The Kier molecular flexibility index (Phi) is 20.5. The second-order valence-electron chi connectivity index (χ2n) is 15.9. The van der Waals surface area contributed by atoms with Crippen LogP contribution in [0.15, 0.2) is 88.4 Å². The first-order valence-corrected chi connectivity index (χ1v) is 22.6. The van der Waals surface area contributed by atoms with Crippen LogP contribution in [-0.4, -0.2) is 62.7 Å². The first-order valence-electron chi connectivity index (χ1n) is 22.6. The minimum Gasteiger partial charge on any atom is -0.318 e. The van der Waals surface area contributed by atoms with Crippen molar-refractivity contribution in [1.29, 1.82) is 0 Å². The van der Waals surface area contributed by atoms with Gasteiger partial charge in [-0.05, 0) is 87.1 Å². The van der Waals surface area contributed by atoms with Crippen LogP contribution in [0.25, 0.3) is 16.6 Å². The number of carbonyl (C=O) groups is 7. The van der Waals surface area contributed by atoms with E-state index in [2.05, 4.69) is 36.2 Å². The molecule has 0 aliphatic rings. The molecule has 14 heteroatoms. The first-order chi connectivity index (χ1) is 31.3. The van der Waals surface area contributed by atoms with E-state index in [0.717, 1.165) is 57.8 Å². The lowest BCUT2D eigenvalue weighted by Gasteiger charge is -2.09. The van der Waals surface area contributed by atoms with Crippen molar-refractivity contribution in [2.45, 2.75) is 138 Å². The number of Topliss-reactive ketones (excluding diaryl/α,β-unsaturated/α-hetero) is 3. The van der Waals surface area contributed by atoms with Gasteiger partial charge in [0.1, 0.15) is 17.1 Å². The summed E-state index contributed by atoms with van der Waals surface area (Å²) in [5, 5.41) is 12.1. The molecule has 3 aromatic carbocycles. The second-order valence-corrected chi connectivity index (χ2v) is 15.9. The Balaban J connectivity index is 1.76. The molecule has 1 heterocycles. The van der Waals surface area contributed by atoms with Gasteiger partial charge in [-0.3, -0.25) is 19.2 Å². The normalized spacial score (nSPS) is 11.9. The van der Waals surface area contributed by atoms with Crippen LogP contribution in [0, 0.1) is 0 Å². The zero-order valence-electron chi connectivity index (χ0n) is 38.4. The maximum atomic E-state index is 14.4. The van der Waals surface area contributed by atoms with Gasteiger partial charge in [-0.15, -0.1) is 0 Å². The minimum atomic E-state index is -0.679. The predicted molar refractivity (Wildman–Crippen MR) is 250 cm³/mol. The third-order valence-corrected chi connectivity index (χ3v) is 10.5. The third-order valence-electron chi connectivity index (χ3n) is 10.5. The topological polar surface area (TPSA) is 189 Å². The lowest BCUT2D eigenvalue weighted by molar-refractivity contribution is -0.141. The lowest BCUT2D eigenvalue weighted by Crippen LogP contribution is -2.17. The number of benzene rings is 3. The number of hydrogen-bond acceptors (Lipinski definition) is 13. The second kappa shape index (κ2) is 26.2. The number of fused-ring (bicyclic) bond motifs is 1. The molecule has 14 nitrogen and oxygen atoms in total. The molecule has 4 rings (SSSR count). The molecule has 0 amide bonds. The number of oxime groups is 3. The Hall–Kier alpha value is -6.70. The van der Waals surface area contributed by atoms with Gasteiger partial charge in [0.25, 0.3) is 0 Å². The van der Waals surface area contributed by atoms with E-state index < -0.39 is 35.3 Å². The summed E-state index contributed by atoms with van der Waals surface area (Å²) >= 11 is 0. The molecule has 0 atom stereocenters. The van der Waals surface area contributed by atoms with Gasteiger partial charge in [0.2, 0.25) is 17.3 Å². The van der Waals surface area contributed by atoms with Crippen LogP contribution in [0.3, 0.4) is 0 Å². The number of nitrogens with zero attached hydrogens (tertiary/aromatic N) is 4. The molecule has 0 fully saturated rings. The molecule has 0 unspecified atom stereocenters. The van der Waals surface area contributed by atoms with Gasteiger partial charge in [0, 0.05) is 65.9 Å². The Morgan fingerprint density at radius 2 is 0.908 bits per heavy atom. The van der Waals surface area contributed by atoms with E-state index in [4.69, 9.17) is 14.5 Å². The summed E-state index contributed by atoms with van der Waals surface area (Å²) in [5.41, 5.74) is 2.58. The highest BCUT2D eigenvalue weighted by Gasteiger charge is 2.25. The monoisotopic (exact) mass is 888 g/mol. The Bertz CT molecular complexity index is 2440. The molecule has 0 spiro atoms. The fraction of sp³-hybridized carbons (Fsp3) is 0.412. The molecule has 4 aromatic rings. The third kappa shape index (κ3) is 15.2. The number of aromatic nitrogens is 1. The summed E-state index contributed by atoms with van der Waals surface area (Å²) in [7, 11) is 0. The summed E-state index contributed by atoms with van der Waals surface area (Å²) in [6.07, 6.45) is 12.9. The van der Waals surface area contributed by atoms with E-state index in [1.165, 1.54) is 26.8 Å². The lowest BCUT2D eigenvalue weighted by atomic mass is 9.97. The molecule has 0 saturated carbocycles. The standard InChI is InChI=1S/C51H60N4O10/c1-7-10-13-16-22-44(52-63-34(4)56)49(60)39-21-19-20-38(31-39)48(59)37-25-28-41(29-26-37)55-33-43(51(62)46(54-65-36(6)58)24-18-15-12-9-3)42-32-40(27-30-47(42)55)50(61)45(53-64-35(5)57)23-17-14-11-8-2/h19-21,25-33H,7-18,22-24H2,1-6H3/b52-44+,53-45+,54-46+. The number of hydrogen-bond donors (Lipinski definition) is 0. The zero-order valence-corrected chi connectivity index (χ0v) is 38.4. The van der Waals surface area contributed by atoms with Gasteiger partial charge < -0.3 is 19.1 Å². The average molecular weight is 889 g/mol. The molecule has 344 valence electrons. The maximum absolute atomic E-state index is 14.4. The largest absolute Gasteiger partial charge is 0.331 e. The molecule has 0 aliphatic carbocycles. The SMILES string of the molecule is CCCCCC/C(=N\OC(C)=O)C(=O)c1cccc(C(=O)c2ccc(-n3cc(C(=O)/C(CCCCCC)=N/OC(C)=O)c4cc(C(=O)/C(CCCCCC)=N/OC(C)=O)ccc43)cc2)c1. The van der Waals surface area contributed by atoms with Crippen molar-refractivity contribution in [3.8, 4) is 5.69 Å². The number of carbonyl (C=O) groups excluding carboxylic acids is 7. The molecule has 0 saturated heterocycles. The molecule has 65 heavy (non-hydrogen) atoms. The number of unbranched alkanes of at least 4 members (excludes halogenated alkanes) is 9. The highest BCUT2D eigenvalue weighted by atomic mass is 16.7. The van der Waals surface area contributed by atoms with Crippen LogP contribution < -0.4 is 0 Å². The van der Waals surface area contributed by atoms with E-state index in [1.54, 1.807) is 71.4 Å². The Morgan fingerprint density at radius 3 is 1.37 bits per heavy atom.